The van der Waals surface area contributed by atoms with Crippen molar-refractivity contribution in [1.29, 1.82) is 0 Å². The number of carbonyl (C=O) groups is 1. The second-order valence-corrected chi connectivity index (χ2v) is 6.81. The normalized spacial score (nSPS) is 18.6. The lowest BCUT2D eigenvalue weighted by Gasteiger charge is -2.33. The standard InChI is InChI=1S/C20H23N3O3/c24-20(11-15-6-7-17-18(10-15)26-14-25-17)22-12-16-4-3-9-23(13-16)19-5-1-2-8-21-19/h1-2,5-8,10,16H,3-4,9,11-14H2,(H,22,24)/t16-/m0/s1. The number of pyridine rings is 1. The summed E-state index contributed by atoms with van der Waals surface area (Å²) in [7, 11) is 0. The summed E-state index contributed by atoms with van der Waals surface area (Å²) in [5.41, 5.74) is 0.936. The zero-order valence-electron chi connectivity index (χ0n) is 14.7. The number of fused-ring (bicyclic) bond motifs is 1. The first-order valence-electron chi connectivity index (χ1n) is 9.09. The summed E-state index contributed by atoms with van der Waals surface area (Å²) < 4.78 is 10.7. The molecule has 1 N–H and O–H groups in total. The summed E-state index contributed by atoms with van der Waals surface area (Å²) in [6, 6.07) is 11.6. The number of hydrogen-bond acceptors (Lipinski definition) is 5. The molecule has 2 aliphatic heterocycles. The van der Waals surface area contributed by atoms with Gasteiger partial charge in [0, 0.05) is 25.8 Å². The molecule has 0 radical (unpaired) electrons. The highest BCUT2D eigenvalue weighted by Gasteiger charge is 2.21. The molecule has 1 saturated heterocycles. The number of nitrogens with one attached hydrogen (secondary N) is 1. The molecule has 1 aromatic carbocycles. The lowest BCUT2D eigenvalue weighted by atomic mass is 9.98. The summed E-state index contributed by atoms with van der Waals surface area (Å²) in [5.74, 6) is 2.97. The van der Waals surface area contributed by atoms with Gasteiger partial charge in [-0.15, -0.1) is 0 Å². The second-order valence-electron chi connectivity index (χ2n) is 6.81. The molecule has 1 aromatic heterocycles. The molecule has 0 aliphatic carbocycles. The Morgan fingerprint density at radius 1 is 1.23 bits per heavy atom. The van der Waals surface area contributed by atoms with Crippen LogP contribution in [0.4, 0.5) is 5.82 Å². The molecule has 0 bridgehead atoms. The Labute approximate surface area is 153 Å². The molecule has 0 saturated carbocycles. The number of nitrogens with zero attached hydrogens (tertiary/aromatic N) is 2. The Morgan fingerprint density at radius 3 is 3.04 bits per heavy atom. The molecule has 1 fully saturated rings. The highest BCUT2D eigenvalue weighted by atomic mass is 16.7. The van der Waals surface area contributed by atoms with Crippen LogP contribution in [0.3, 0.4) is 0 Å². The fraction of sp³-hybridized carbons (Fsp3) is 0.400. The molecule has 6 heteroatoms. The van der Waals surface area contributed by atoms with Crippen LogP contribution in [0.2, 0.25) is 0 Å². The number of amides is 1. The van der Waals surface area contributed by atoms with Gasteiger partial charge in [-0.05, 0) is 48.6 Å². The van der Waals surface area contributed by atoms with E-state index in [2.05, 4.69) is 15.2 Å². The molecule has 26 heavy (non-hydrogen) atoms. The SMILES string of the molecule is O=C(Cc1ccc2c(c1)OCO2)NC[C@@H]1CCCN(c2ccccn2)C1. The van der Waals surface area contributed by atoms with Gasteiger partial charge < -0.3 is 19.7 Å². The van der Waals surface area contributed by atoms with E-state index in [1.165, 1.54) is 0 Å². The molecule has 0 spiro atoms. The van der Waals surface area contributed by atoms with Crippen molar-refractivity contribution in [2.45, 2.75) is 19.3 Å². The molecular weight excluding hydrogens is 330 g/mol. The van der Waals surface area contributed by atoms with Crippen molar-refractivity contribution >= 4 is 11.7 Å². The fourth-order valence-corrected chi connectivity index (χ4v) is 3.54. The topological polar surface area (TPSA) is 63.7 Å². The van der Waals surface area contributed by atoms with E-state index in [4.69, 9.17) is 9.47 Å². The molecule has 1 amide bonds. The smallest absolute Gasteiger partial charge is 0.231 e. The van der Waals surface area contributed by atoms with Crippen molar-refractivity contribution in [3.8, 4) is 11.5 Å². The number of carbonyl (C=O) groups excluding carboxylic acids is 1. The van der Waals surface area contributed by atoms with Gasteiger partial charge in [0.2, 0.25) is 12.7 Å². The van der Waals surface area contributed by atoms with Gasteiger partial charge in [-0.3, -0.25) is 4.79 Å². The van der Waals surface area contributed by atoms with Gasteiger partial charge in [0.1, 0.15) is 5.82 Å². The van der Waals surface area contributed by atoms with Crippen LogP contribution < -0.4 is 19.7 Å². The van der Waals surface area contributed by atoms with Gasteiger partial charge >= 0.3 is 0 Å². The van der Waals surface area contributed by atoms with Gasteiger partial charge in [0.15, 0.2) is 11.5 Å². The molecule has 2 aromatic rings. The average Bonchev–Trinajstić information content (AvgIpc) is 3.15. The van der Waals surface area contributed by atoms with Crippen LogP contribution in [-0.4, -0.2) is 37.3 Å². The summed E-state index contributed by atoms with van der Waals surface area (Å²) in [6.07, 6.45) is 4.44. The van der Waals surface area contributed by atoms with Crippen LogP contribution in [0.5, 0.6) is 11.5 Å². The van der Waals surface area contributed by atoms with Gasteiger partial charge in [0.25, 0.3) is 0 Å². The van der Waals surface area contributed by atoms with Crippen molar-refractivity contribution < 1.29 is 14.3 Å². The van der Waals surface area contributed by atoms with Crippen LogP contribution in [0.1, 0.15) is 18.4 Å². The highest BCUT2D eigenvalue weighted by molar-refractivity contribution is 5.78. The quantitative estimate of drug-likeness (QED) is 0.894. The number of piperidine rings is 1. The molecule has 1 atom stereocenters. The largest absolute Gasteiger partial charge is 0.454 e. The van der Waals surface area contributed by atoms with Crippen molar-refractivity contribution in [3.05, 3.63) is 48.2 Å². The molecule has 2 aliphatic rings. The third-order valence-electron chi connectivity index (χ3n) is 4.88. The molecule has 4 rings (SSSR count). The summed E-state index contributed by atoms with van der Waals surface area (Å²) in [4.78, 5) is 19.0. The zero-order valence-corrected chi connectivity index (χ0v) is 14.7. The minimum absolute atomic E-state index is 0.0406. The highest BCUT2D eigenvalue weighted by Crippen LogP contribution is 2.32. The fourth-order valence-electron chi connectivity index (χ4n) is 3.54. The second kappa shape index (κ2) is 7.64. The average molecular weight is 353 g/mol. The molecule has 0 unspecified atom stereocenters. The third-order valence-corrected chi connectivity index (χ3v) is 4.88. The van der Waals surface area contributed by atoms with Crippen LogP contribution in [0, 0.1) is 5.92 Å². The number of anilines is 1. The van der Waals surface area contributed by atoms with E-state index < -0.39 is 0 Å². The van der Waals surface area contributed by atoms with E-state index in [1.54, 1.807) is 0 Å². The maximum Gasteiger partial charge on any atom is 0.231 e. The van der Waals surface area contributed by atoms with E-state index in [0.717, 1.165) is 43.1 Å². The molecule has 3 heterocycles. The minimum Gasteiger partial charge on any atom is -0.454 e. The number of aromatic nitrogens is 1. The van der Waals surface area contributed by atoms with Gasteiger partial charge in [-0.2, -0.15) is 0 Å². The Balaban J connectivity index is 1.27. The number of ether oxygens (including phenoxy) is 2. The van der Waals surface area contributed by atoms with E-state index in [0.29, 0.717) is 24.6 Å². The van der Waals surface area contributed by atoms with Gasteiger partial charge in [0.05, 0.1) is 6.42 Å². The predicted octanol–water partition coefficient (Wildman–Crippen LogP) is 2.39. The summed E-state index contributed by atoms with van der Waals surface area (Å²) in [6.45, 7) is 2.91. The summed E-state index contributed by atoms with van der Waals surface area (Å²) >= 11 is 0. The number of rotatable bonds is 5. The Bertz CT molecular complexity index is 766. The van der Waals surface area contributed by atoms with Crippen LogP contribution in [0.25, 0.3) is 0 Å². The summed E-state index contributed by atoms with van der Waals surface area (Å²) in [5, 5.41) is 3.08. The van der Waals surface area contributed by atoms with Crippen LogP contribution in [-0.2, 0) is 11.2 Å². The van der Waals surface area contributed by atoms with Crippen molar-refractivity contribution in [2.75, 3.05) is 31.3 Å². The van der Waals surface area contributed by atoms with E-state index in [1.807, 2.05) is 42.6 Å². The Hall–Kier alpha value is -2.76. The number of benzene rings is 1. The van der Waals surface area contributed by atoms with Gasteiger partial charge in [-0.1, -0.05) is 12.1 Å². The Morgan fingerprint density at radius 2 is 2.15 bits per heavy atom. The Kier molecular flexibility index (Phi) is 4.91. The predicted molar refractivity (Wildman–Crippen MR) is 98.5 cm³/mol. The molecular formula is C20H23N3O3. The number of hydrogen-bond donors (Lipinski definition) is 1. The van der Waals surface area contributed by atoms with Crippen molar-refractivity contribution in [1.82, 2.24) is 10.3 Å². The van der Waals surface area contributed by atoms with Gasteiger partial charge in [-0.25, -0.2) is 4.98 Å². The maximum atomic E-state index is 12.3. The molecule has 6 nitrogen and oxygen atoms in total. The maximum absolute atomic E-state index is 12.3. The first-order valence-corrected chi connectivity index (χ1v) is 9.09. The van der Waals surface area contributed by atoms with Crippen LogP contribution in [0.15, 0.2) is 42.6 Å². The minimum atomic E-state index is 0.0406. The zero-order chi connectivity index (χ0) is 17.8. The molecule has 136 valence electrons. The van der Waals surface area contributed by atoms with E-state index in [-0.39, 0.29) is 12.7 Å². The van der Waals surface area contributed by atoms with E-state index >= 15 is 0 Å². The van der Waals surface area contributed by atoms with E-state index in [9.17, 15) is 4.79 Å². The van der Waals surface area contributed by atoms with Crippen molar-refractivity contribution in [2.24, 2.45) is 5.92 Å². The van der Waals surface area contributed by atoms with Crippen molar-refractivity contribution in [3.63, 3.8) is 0 Å². The lowest BCUT2D eigenvalue weighted by Crippen LogP contribution is -2.41. The third kappa shape index (κ3) is 3.90. The lowest BCUT2D eigenvalue weighted by molar-refractivity contribution is -0.120. The van der Waals surface area contributed by atoms with Crippen LogP contribution >= 0.6 is 0 Å². The first-order chi connectivity index (χ1) is 12.8. The monoisotopic (exact) mass is 353 g/mol. The first kappa shape index (κ1) is 16.7.